The predicted octanol–water partition coefficient (Wildman–Crippen LogP) is 3.49. The van der Waals surface area contributed by atoms with E-state index in [0.29, 0.717) is 22.7 Å². The molecule has 108 valence electrons. The van der Waals surface area contributed by atoms with Gasteiger partial charge in [0.25, 0.3) is 11.6 Å². The Kier molecular flexibility index (Phi) is 4.55. The number of nitrogens with one attached hydrogen (secondary N) is 1. The predicted molar refractivity (Wildman–Crippen MR) is 80.5 cm³/mol. The number of rotatable bonds is 4. The van der Waals surface area contributed by atoms with Crippen molar-refractivity contribution in [1.82, 2.24) is 5.32 Å². The van der Waals surface area contributed by atoms with Gasteiger partial charge in [0.05, 0.1) is 4.92 Å². The number of aryl methyl sites for hydroxylation is 1. The van der Waals surface area contributed by atoms with Crippen LogP contribution in [0, 0.1) is 17.0 Å². The molecule has 2 aromatic rings. The van der Waals surface area contributed by atoms with Crippen molar-refractivity contribution >= 4 is 23.2 Å². The summed E-state index contributed by atoms with van der Waals surface area (Å²) < 4.78 is 0. The molecule has 2 rings (SSSR count). The highest BCUT2D eigenvalue weighted by Crippen LogP contribution is 2.18. The molecule has 0 aliphatic rings. The standard InChI is InChI=1S/C15H13ClN2O3/c1-10-7-12(5-6-14(10)18(20)21)15(19)17-9-11-3-2-4-13(16)8-11/h2-8H,9H2,1H3,(H,17,19). The number of nitro benzene ring substituents is 1. The van der Waals surface area contributed by atoms with Crippen LogP contribution in [0.15, 0.2) is 42.5 Å². The molecular weight excluding hydrogens is 292 g/mol. The van der Waals surface area contributed by atoms with E-state index in [9.17, 15) is 14.9 Å². The van der Waals surface area contributed by atoms with Crippen molar-refractivity contribution in [3.05, 3.63) is 74.3 Å². The van der Waals surface area contributed by atoms with Crippen molar-refractivity contribution in [2.75, 3.05) is 0 Å². The van der Waals surface area contributed by atoms with Gasteiger partial charge in [-0.2, -0.15) is 0 Å². The van der Waals surface area contributed by atoms with Gasteiger partial charge in [-0.15, -0.1) is 0 Å². The van der Waals surface area contributed by atoms with E-state index in [1.807, 2.05) is 6.07 Å². The van der Waals surface area contributed by atoms with E-state index < -0.39 is 4.92 Å². The molecule has 0 aliphatic carbocycles. The molecular formula is C15H13ClN2O3. The van der Waals surface area contributed by atoms with Gasteiger partial charge in [0.1, 0.15) is 0 Å². The van der Waals surface area contributed by atoms with Crippen LogP contribution < -0.4 is 5.32 Å². The molecule has 1 amide bonds. The van der Waals surface area contributed by atoms with E-state index in [1.54, 1.807) is 25.1 Å². The Morgan fingerprint density at radius 1 is 1.29 bits per heavy atom. The second kappa shape index (κ2) is 6.37. The van der Waals surface area contributed by atoms with Crippen molar-refractivity contribution in [2.24, 2.45) is 0 Å². The largest absolute Gasteiger partial charge is 0.348 e. The first-order valence-corrected chi connectivity index (χ1v) is 6.63. The number of halogens is 1. The Hall–Kier alpha value is -2.40. The third-order valence-electron chi connectivity index (χ3n) is 3.00. The SMILES string of the molecule is Cc1cc(C(=O)NCc2cccc(Cl)c2)ccc1[N+](=O)[O-]. The summed E-state index contributed by atoms with van der Waals surface area (Å²) in [5, 5.41) is 14.1. The summed E-state index contributed by atoms with van der Waals surface area (Å²) >= 11 is 5.87. The number of benzene rings is 2. The summed E-state index contributed by atoms with van der Waals surface area (Å²) in [7, 11) is 0. The lowest BCUT2D eigenvalue weighted by molar-refractivity contribution is -0.385. The van der Waals surface area contributed by atoms with Gasteiger partial charge in [0.15, 0.2) is 0 Å². The van der Waals surface area contributed by atoms with Gasteiger partial charge in [-0.1, -0.05) is 23.7 Å². The second-order valence-electron chi connectivity index (χ2n) is 4.57. The van der Waals surface area contributed by atoms with Crippen molar-refractivity contribution in [3.63, 3.8) is 0 Å². The molecule has 0 atom stereocenters. The van der Waals surface area contributed by atoms with Crippen LogP contribution >= 0.6 is 11.6 Å². The zero-order valence-electron chi connectivity index (χ0n) is 11.3. The summed E-state index contributed by atoms with van der Waals surface area (Å²) in [5.41, 5.74) is 1.73. The average molecular weight is 305 g/mol. The minimum absolute atomic E-state index is 0.00129. The van der Waals surface area contributed by atoms with Crippen molar-refractivity contribution < 1.29 is 9.72 Å². The maximum Gasteiger partial charge on any atom is 0.272 e. The molecule has 0 aromatic heterocycles. The first kappa shape index (κ1) is 15.0. The van der Waals surface area contributed by atoms with Crippen LogP contribution in [-0.2, 0) is 6.54 Å². The molecule has 6 heteroatoms. The first-order chi connectivity index (χ1) is 9.97. The van der Waals surface area contributed by atoms with Crippen LogP contribution in [0.1, 0.15) is 21.5 Å². The van der Waals surface area contributed by atoms with E-state index in [2.05, 4.69) is 5.32 Å². The quantitative estimate of drug-likeness (QED) is 0.694. The van der Waals surface area contributed by atoms with Crippen LogP contribution in [0.5, 0.6) is 0 Å². The summed E-state index contributed by atoms with van der Waals surface area (Å²) in [6.07, 6.45) is 0. The molecule has 0 fully saturated rings. The Bertz CT molecular complexity index is 701. The number of amides is 1. The van der Waals surface area contributed by atoms with Gasteiger partial charge in [0.2, 0.25) is 0 Å². The third-order valence-corrected chi connectivity index (χ3v) is 3.23. The number of carbonyl (C=O) groups excluding carboxylic acids is 1. The molecule has 21 heavy (non-hydrogen) atoms. The Morgan fingerprint density at radius 2 is 2.05 bits per heavy atom. The lowest BCUT2D eigenvalue weighted by Crippen LogP contribution is -2.22. The number of hydrogen-bond donors (Lipinski definition) is 1. The molecule has 0 heterocycles. The minimum Gasteiger partial charge on any atom is -0.348 e. The highest BCUT2D eigenvalue weighted by atomic mass is 35.5. The first-order valence-electron chi connectivity index (χ1n) is 6.25. The van der Waals surface area contributed by atoms with Gasteiger partial charge < -0.3 is 5.32 Å². The molecule has 0 aliphatic heterocycles. The highest BCUT2D eigenvalue weighted by Gasteiger charge is 2.13. The molecule has 0 saturated heterocycles. The van der Waals surface area contributed by atoms with Gasteiger partial charge >= 0.3 is 0 Å². The molecule has 1 N–H and O–H groups in total. The van der Waals surface area contributed by atoms with Crippen molar-refractivity contribution in [2.45, 2.75) is 13.5 Å². The van der Waals surface area contributed by atoms with E-state index in [1.165, 1.54) is 18.2 Å². The van der Waals surface area contributed by atoms with Crippen molar-refractivity contribution in [3.8, 4) is 0 Å². The Balaban J connectivity index is 2.07. The highest BCUT2D eigenvalue weighted by molar-refractivity contribution is 6.30. The zero-order valence-corrected chi connectivity index (χ0v) is 12.1. The van der Waals surface area contributed by atoms with Crippen LogP contribution in [0.3, 0.4) is 0 Å². The van der Waals surface area contributed by atoms with E-state index in [0.717, 1.165) is 5.56 Å². The van der Waals surface area contributed by atoms with Crippen LogP contribution in [-0.4, -0.2) is 10.8 Å². The number of hydrogen-bond acceptors (Lipinski definition) is 3. The third kappa shape index (κ3) is 3.79. The van der Waals surface area contributed by atoms with Gasteiger partial charge in [-0.3, -0.25) is 14.9 Å². The fourth-order valence-electron chi connectivity index (χ4n) is 1.93. The maximum atomic E-state index is 12.0. The molecule has 0 bridgehead atoms. The summed E-state index contributed by atoms with van der Waals surface area (Å²) in [6.45, 7) is 1.95. The van der Waals surface area contributed by atoms with Crippen molar-refractivity contribution in [1.29, 1.82) is 0 Å². The Morgan fingerprint density at radius 3 is 2.67 bits per heavy atom. The molecule has 0 radical (unpaired) electrons. The Labute approximate surface area is 126 Å². The van der Waals surface area contributed by atoms with E-state index >= 15 is 0 Å². The maximum absolute atomic E-state index is 12.0. The van der Waals surface area contributed by atoms with Gasteiger partial charge in [-0.05, 0) is 36.8 Å². The lowest BCUT2D eigenvalue weighted by Gasteiger charge is -2.06. The minimum atomic E-state index is -0.469. The van der Waals surface area contributed by atoms with Crippen LogP contribution in [0.2, 0.25) is 5.02 Å². The molecule has 0 unspecified atom stereocenters. The van der Waals surface area contributed by atoms with Crippen LogP contribution in [0.4, 0.5) is 5.69 Å². The summed E-state index contributed by atoms with van der Waals surface area (Å²) in [6, 6.07) is 11.5. The lowest BCUT2D eigenvalue weighted by atomic mass is 10.1. The summed E-state index contributed by atoms with van der Waals surface area (Å²) in [5.74, 6) is -0.284. The summed E-state index contributed by atoms with van der Waals surface area (Å²) in [4.78, 5) is 22.3. The smallest absolute Gasteiger partial charge is 0.272 e. The number of carbonyl (C=O) groups is 1. The zero-order chi connectivity index (χ0) is 15.4. The normalized spacial score (nSPS) is 10.2. The molecule has 0 saturated carbocycles. The van der Waals surface area contributed by atoms with E-state index in [-0.39, 0.29) is 11.6 Å². The molecule has 2 aromatic carbocycles. The van der Waals surface area contributed by atoms with Crippen LogP contribution in [0.25, 0.3) is 0 Å². The fourth-order valence-corrected chi connectivity index (χ4v) is 2.15. The number of nitro groups is 1. The average Bonchev–Trinajstić information content (AvgIpc) is 2.44. The second-order valence-corrected chi connectivity index (χ2v) is 5.01. The monoisotopic (exact) mass is 304 g/mol. The van der Waals surface area contributed by atoms with E-state index in [4.69, 9.17) is 11.6 Å². The van der Waals surface area contributed by atoms with Gasteiger partial charge in [0, 0.05) is 28.8 Å². The van der Waals surface area contributed by atoms with Gasteiger partial charge in [-0.25, -0.2) is 0 Å². The fraction of sp³-hybridized carbons (Fsp3) is 0.133. The molecule has 0 spiro atoms. The number of nitrogens with zero attached hydrogens (tertiary/aromatic N) is 1. The topological polar surface area (TPSA) is 72.2 Å². The molecule has 5 nitrogen and oxygen atoms in total.